The first-order chi connectivity index (χ1) is 49.2. The van der Waals surface area contributed by atoms with E-state index in [9.17, 15) is 235 Å². The Hall–Kier alpha value is -4.22. The zero-order valence-electron chi connectivity index (χ0n) is 49.1. The molecule has 0 atom stereocenters. The Bertz CT molecular complexity index is 3760. The van der Waals surface area contributed by atoms with Crippen molar-refractivity contribution in [3.8, 4) is 0 Å². The SMILES string of the molecule is O=S(=O)([N]([Sb]([N](S(=O)(=O)C(F)(F)C(F)(F)C(F)(F)C(F)(F)C(F)(F)F)S(=O)(=O)C(F)(F)C(F)(F)C(F)(F)C(F)(F)C(F)(F)F)[N](S(=O)(=O)C(F)(F)C(F)(F)C(F)(F)C(F)(F)C(F)(F)F)S(=O)(=O)C(F)(F)C(F)(F)C(F)(F)C(F)(F)C(F)(F)F)S(=O)(=O)C(F)(F)C(F)(F)C(F)(F)C(F)(F)C(F)(F)F)C(F)(F)C(F)(F)C(F)(F)C(F)(F)C(F)(F)F. The molecule has 0 radical (unpaired) electrons. The summed E-state index contributed by atoms with van der Waals surface area (Å²) >= 11 is -17.0. The topological polar surface area (TPSA) is 215 Å². The number of alkyl halides is 66. The van der Waals surface area contributed by atoms with E-state index < -0.39 is 262 Å². The van der Waals surface area contributed by atoms with Crippen LogP contribution in [0.25, 0.3) is 0 Å². The molecule has 0 aliphatic rings. The van der Waals surface area contributed by atoms with Crippen molar-refractivity contribution in [3.63, 3.8) is 0 Å². The number of nitrogens with zero attached hydrogens (tertiary/aromatic N) is 3. The zero-order chi connectivity index (χ0) is 98.3. The van der Waals surface area contributed by atoms with Gasteiger partial charge in [0.2, 0.25) is 0 Å². The first-order valence-corrected chi connectivity index (χ1v) is 35.5. The average Bonchev–Trinajstić information content (AvgIpc) is 0.658. The minimum absolute atomic E-state index is 8.47. The summed E-state index contributed by atoms with van der Waals surface area (Å²) in [6, 6.07) is 0. The molecule has 0 heterocycles. The summed E-state index contributed by atoms with van der Waals surface area (Å²) in [6.45, 7) is 0. The molecule has 0 unspecified atom stereocenters. The fourth-order valence-electron chi connectivity index (χ4n) is 6.05. The van der Waals surface area contributed by atoms with Crippen molar-refractivity contribution in [1.82, 2.24) is 5.61 Å². The van der Waals surface area contributed by atoms with E-state index in [2.05, 4.69) is 0 Å². The normalized spacial score (nSPS) is 17.4. The van der Waals surface area contributed by atoms with E-state index in [4.69, 9.17) is 0 Å². The van der Waals surface area contributed by atoms with Gasteiger partial charge in [0.1, 0.15) is 0 Å². The first-order valence-electron chi connectivity index (χ1n) is 23.4. The van der Waals surface area contributed by atoms with Crippen LogP contribution >= 0.6 is 0 Å². The van der Waals surface area contributed by atoms with Crippen LogP contribution in [-0.4, -0.2) is 252 Å². The molecule has 0 saturated heterocycles. The Morgan fingerprint density at radius 1 is 0.119 bits per heavy atom. The van der Waals surface area contributed by atoms with Gasteiger partial charge in [0.05, 0.1) is 0 Å². The molecule has 0 aromatic carbocycles. The van der Waals surface area contributed by atoms with Crippen molar-refractivity contribution in [1.29, 1.82) is 0 Å². The summed E-state index contributed by atoms with van der Waals surface area (Å²) in [5.41, 5.74) is 0. The molecule has 0 N–H and O–H groups in total. The molecule has 0 bridgehead atoms. The van der Waals surface area contributed by atoms with E-state index in [1.54, 1.807) is 0 Å². The third-order valence-electron chi connectivity index (χ3n) is 12.7. The van der Waals surface area contributed by atoms with Crippen LogP contribution < -0.4 is 0 Å². The third kappa shape index (κ3) is 13.9. The van der Waals surface area contributed by atoms with E-state index in [-0.39, 0.29) is 0 Å². The van der Waals surface area contributed by atoms with Crippen LogP contribution in [-0.2, 0) is 60.1 Å². The summed E-state index contributed by atoms with van der Waals surface area (Å²) in [4.78, 5) is 0. The number of hydrogen-bond acceptors (Lipinski definition) is 12. The Morgan fingerprint density at radius 2 is 0.186 bits per heavy atom. The van der Waals surface area contributed by atoms with E-state index >= 15 is 105 Å². The van der Waals surface area contributed by atoms with Gasteiger partial charge in [-0.15, -0.1) is 0 Å². The predicted molar refractivity (Wildman–Crippen MR) is 220 cm³/mol. The Morgan fingerprint density at radius 3 is 0.246 bits per heavy atom. The van der Waals surface area contributed by atoms with Gasteiger partial charge in [0, 0.05) is 0 Å². The maximum atomic E-state index is 16.3. The van der Waals surface area contributed by atoms with Crippen LogP contribution in [0.1, 0.15) is 0 Å². The van der Waals surface area contributed by atoms with Gasteiger partial charge in [-0.2, -0.15) is 0 Å². The predicted octanol–water partition coefficient (Wildman–Crippen LogP) is 16.2. The van der Waals surface area contributed by atoms with Crippen molar-refractivity contribution >= 4 is 81.2 Å². The van der Waals surface area contributed by atoms with Crippen LogP contribution in [0.15, 0.2) is 0 Å². The van der Waals surface area contributed by atoms with Crippen molar-refractivity contribution in [2.24, 2.45) is 0 Å². The number of sulfonamides is 6. The third-order valence-corrected chi connectivity index (χ3v) is 43.5. The van der Waals surface area contributed by atoms with E-state index in [0.717, 1.165) is 0 Å². The molecule has 0 aliphatic carbocycles. The van der Waals surface area contributed by atoms with Crippen molar-refractivity contribution in [2.75, 3.05) is 0 Å². The monoisotopic (exact) mass is 2160 g/mol. The summed E-state index contributed by atoms with van der Waals surface area (Å²) in [6.07, 6.45) is -59.2. The second kappa shape index (κ2) is 28.1. The first kappa shape index (κ1) is 114. The summed E-state index contributed by atoms with van der Waals surface area (Å²) in [5, 5.41) is -75.0. The van der Waals surface area contributed by atoms with Gasteiger partial charge in [-0.3, -0.25) is 0 Å². The Balaban J connectivity index is 14.5. The van der Waals surface area contributed by atoms with E-state index in [0.29, 0.717) is 0 Å². The van der Waals surface area contributed by atoms with Gasteiger partial charge >= 0.3 is 602 Å². The second-order valence-electron chi connectivity index (χ2n) is 20.3. The van der Waals surface area contributed by atoms with Gasteiger partial charge in [0.15, 0.2) is 0 Å². The number of halogens is 66. The molecule has 0 aromatic rings. The molecule has 710 valence electrons. The van der Waals surface area contributed by atoms with Crippen LogP contribution in [0, 0.1) is 0 Å². The Kier molecular flexibility index (Phi) is 27.1. The molecule has 15 nitrogen and oxygen atoms in total. The van der Waals surface area contributed by atoms with Gasteiger partial charge in [-0.1, -0.05) is 0 Å². The van der Waals surface area contributed by atoms with Crippen molar-refractivity contribution in [3.05, 3.63) is 0 Å². The van der Waals surface area contributed by atoms with E-state index in [1.807, 2.05) is 0 Å². The van der Waals surface area contributed by atoms with Gasteiger partial charge < -0.3 is 0 Å². The molecule has 0 amide bonds. The van der Waals surface area contributed by atoms with E-state index in [1.165, 1.54) is 0 Å². The van der Waals surface area contributed by atoms with Gasteiger partial charge in [-0.05, 0) is 0 Å². The molecule has 88 heteroatoms. The van der Waals surface area contributed by atoms with Crippen LogP contribution in [0.3, 0.4) is 0 Å². The molecule has 0 fully saturated rings. The summed E-state index contributed by atoms with van der Waals surface area (Å²) in [5.74, 6) is -204. The van der Waals surface area contributed by atoms with Crippen LogP contribution in [0.5, 0.6) is 0 Å². The molecular formula is C30F66N3O12S6Sb. The maximum absolute atomic E-state index is 17.0. The molecule has 0 aromatic heterocycles. The molecule has 0 spiro atoms. The summed E-state index contributed by atoms with van der Waals surface area (Å²) < 4.78 is 1100. The van der Waals surface area contributed by atoms with Crippen LogP contribution in [0.4, 0.5) is 290 Å². The van der Waals surface area contributed by atoms with Crippen molar-refractivity contribution < 1.29 is 340 Å². The quantitative estimate of drug-likeness (QED) is 0.0443. The fourth-order valence-corrected chi connectivity index (χ4v) is 41.6. The molecule has 0 aliphatic heterocycles. The number of rotatable bonds is 33. The molecule has 118 heavy (non-hydrogen) atoms. The van der Waals surface area contributed by atoms with Crippen molar-refractivity contribution in [2.45, 2.75) is 175 Å². The Labute approximate surface area is 601 Å². The number of hydrogen-bond donors (Lipinski definition) is 0. The minimum atomic E-state index is -17.0. The summed E-state index contributed by atoms with van der Waals surface area (Å²) in [7, 11) is -87.2. The standard InChI is InChI=1S/3C10F22NO4S2.Sb/c3*11-1(12,3(15,16)7(23,24)25)5(19,20)9(29,30)38(34,35)33-39(36,37)10(31,32)6(21,22)2(13,14)4(17,18)8(26,27)28;/q3*-1;+3. The van der Waals surface area contributed by atoms with Crippen LogP contribution in [0.2, 0.25) is 0 Å². The van der Waals surface area contributed by atoms with Gasteiger partial charge in [0.25, 0.3) is 0 Å². The molecule has 0 saturated carbocycles. The molecular weight excluding hydrogens is 2160 g/mol. The fraction of sp³-hybridized carbons (Fsp3) is 1.00. The molecule has 0 rings (SSSR count). The average molecular weight is 2160 g/mol. The zero-order valence-corrected chi connectivity index (χ0v) is 56.5. The second-order valence-corrected chi connectivity index (χ2v) is 41.7. The van der Waals surface area contributed by atoms with Gasteiger partial charge in [-0.25, -0.2) is 0 Å².